The van der Waals surface area contributed by atoms with E-state index in [-0.39, 0.29) is 23.4 Å². The van der Waals surface area contributed by atoms with Gasteiger partial charge in [0.05, 0.1) is 12.1 Å². The molecule has 4 heteroatoms. The molecule has 0 aliphatic heterocycles. The van der Waals surface area contributed by atoms with E-state index in [1.807, 2.05) is 11.8 Å². The summed E-state index contributed by atoms with van der Waals surface area (Å²) in [5.74, 6) is 2.08. The minimum absolute atomic E-state index is 0.0437. The SMILES string of the molecule is CC[C@@H](C#N)N(C(=O)[C@@H](N)C12CC(C)CC(CC(C)C1)C2)C1CC1. The zero-order valence-corrected chi connectivity index (χ0v) is 15.5. The largest absolute Gasteiger partial charge is 0.322 e. The highest BCUT2D eigenvalue weighted by Gasteiger charge is 2.52. The summed E-state index contributed by atoms with van der Waals surface area (Å²) < 4.78 is 0. The van der Waals surface area contributed by atoms with E-state index < -0.39 is 6.04 Å². The Balaban J connectivity index is 1.84. The summed E-state index contributed by atoms with van der Waals surface area (Å²) in [5.41, 5.74) is 6.63. The van der Waals surface area contributed by atoms with Crippen molar-refractivity contribution in [3.63, 3.8) is 0 Å². The Kier molecular flexibility index (Phi) is 4.93. The van der Waals surface area contributed by atoms with Gasteiger partial charge in [0.15, 0.2) is 0 Å². The van der Waals surface area contributed by atoms with Crippen LogP contribution in [0.15, 0.2) is 0 Å². The van der Waals surface area contributed by atoms with E-state index >= 15 is 0 Å². The van der Waals surface area contributed by atoms with E-state index in [4.69, 9.17) is 5.73 Å². The smallest absolute Gasteiger partial charge is 0.241 e. The van der Waals surface area contributed by atoms with Gasteiger partial charge in [-0.05, 0) is 74.5 Å². The quantitative estimate of drug-likeness (QED) is 0.838. The standard InChI is InChI=1S/C20H33N3O/c1-4-16(12-21)23(17-5-6-17)19(24)18(22)20-9-13(2)7-15(11-20)8-14(3)10-20/h13-18H,4-11,22H2,1-3H3/t13?,14?,15?,16-,18+,20?/m0/s1. The molecule has 0 aromatic carbocycles. The van der Waals surface area contributed by atoms with Crippen LogP contribution in [0, 0.1) is 34.5 Å². The van der Waals surface area contributed by atoms with Crippen LogP contribution in [0.3, 0.4) is 0 Å². The molecule has 1 amide bonds. The van der Waals surface area contributed by atoms with Crippen LogP contribution in [-0.2, 0) is 4.79 Å². The lowest BCUT2D eigenvalue weighted by molar-refractivity contribution is -0.141. The van der Waals surface area contributed by atoms with Gasteiger partial charge in [-0.3, -0.25) is 4.79 Å². The maximum Gasteiger partial charge on any atom is 0.241 e. The molecule has 3 aliphatic rings. The lowest BCUT2D eigenvalue weighted by Gasteiger charge is -2.53. The number of nitrogens with two attached hydrogens (primary N) is 1. The maximum absolute atomic E-state index is 13.3. The number of rotatable bonds is 5. The van der Waals surface area contributed by atoms with Crippen LogP contribution in [0.1, 0.15) is 72.1 Å². The van der Waals surface area contributed by atoms with Gasteiger partial charge in [-0.15, -0.1) is 0 Å². The van der Waals surface area contributed by atoms with Gasteiger partial charge in [-0.1, -0.05) is 20.8 Å². The summed E-state index contributed by atoms with van der Waals surface area (Å²) in [4.78, 5) is 15.2. The minimum Gasteiger partial charge on any atom is -0.322 e. The number of amides is 1. The van der Waals surface area contributed by atoms with Crippen molar-refractivity contribution in [1.29, 1.82) is 5.26 Å². The van der Waals surface area contributed by atoms with Crippen LogP contribution in [0.5, 0.6) is 0 Å². The Morgan fingerprint density at radius 1 is 1.25 bits per heavy atom. The van der Waals surface area contributed by atoms with Gasteiger partial charge in [0.25, 0.3) is 0 Å². The predicted octanol–water partition coefficient (Wildman–Crippen LogP) is 3.46. The molecule has 4 atom stereocenters. The molecule has 0 saturated heterocycles. The molecule has 0 heterocycles. The zero-order chi connectivity index (χ0) is 17.5. The lowest BCUT2D eigenvalue weighted by Crippen LogP contribution is -2.59. The summed E-state index contributed by atoms with van der Waals surface area (Å²) in [6.45, 7) is 6.62. The van der Waals surface area contributed by atoms with Crippen molar-refractivity contribution in [2.45, 2.75) is 90.3 Å². The number of hydrogen-bond donors (Lipinski definition) is 1. The first kappa shape index (κ1) is 17.7. The molecule has 3 saturated carbocycles. The van der Waals surface area contributed by atoms with Crippen LogP contribution in [0.25, 0.3) is 0 Å². The maximum atomic E-state index is 13.3. The molecule has 0 aromatic heterocycles. The first-order valence-corrected chi connectivity index (χ1v) is 9.87. The van der Waals surface area contributed by atoms with Crippen molar-refractivity contribution < 1.29 is 4.79 Å². The van der Waals surface area contributed by atoms with Gasteiger partial charge >= 0.3 is 0 Å². The third-order valence-corrected chi connectivity index (χ3v) is 6.67. The lowest BCUT2D eigenvalue weighted by atomic mass is 9.54. The summed E-state index contributed by atoms with van der Waals surface area (Å²) >= 11 is 0. The second-order valence-corrected chi connectivity index (χ2v) is 9.03. The highest BCUT2D eigenvalue weighted by molar-refractivity contribution is 5.84. The van der Waals surface area contributed by atoms with Gasteiger partial charge < -0.3 is 10.6 Å². The Bertz CT molecular complexity index is 502. The Labute approximate surface area is 146 Å². The van der Waals surface area contributed by atoms with Crippen molar-refractivity contribution in [2.75, 3.05) is 0 Å². The number of hydrogen-bond acceptors (Lipinski definition) is 3. The van der Waals surface area contributed by atoms with Crippen molar-refractivity contribution in [2.24, 2.45) is 28.9 Å². The fourth-order valence-electron chi connectivity index (χ4n) is 5.87. The van der Waals surface area contributed by atoms with E-state index in [0.717, 1.165) is 38.0 Å². The van der Waals surface area contributed by atoms with Gasteiger partial charge in [0.2, 0.25) is 5.91 Å². The summed E-state index contributed by atoms with van der Waals surface area (Å²) in [6.07, 6.45) is 8.57. The summed E-state index contributed by atoms with van der Waals surface area (Å²) in [6, 6.07) is 1.83. The van der Waals surface area contributed by atoms with Crippen LogP contribution >= 0.6 is 0 Å². The second kappa shape index (κ2) is 6.67. The molecule has 4 nitrogen and oxygen atoms in total. The average molecular weight is 332 g/mol. The third kappa shape index (κ3) is 3.20. The second-order valence-electron chi connectivity index (χ2n) is 9.03. The molecule has 0 radical (unpaired) electrons. The normalized spacial score (nSPS) is 38.0. The first-order valence-electron chi connectivity index (χ1n) is 9.87. The number of fused-ring (bicyclic) bond motifs is 2. The zero-order valence-electron chi connectivity index (χ0n) is 15.5. The van der Waals surface area contributed by atoms with Crippen molar-refractivity contribution in [1.82, 2.24) is 4.90 Å². The Morgan fingerprint density at radius 3 is 2.29 bits per heavy atom. The van der Waals surface area contributed by atoms with E-state index in [2.05, 4.69) is 19.9 Å². The molecule has 2 unspecified atom stereocenters. The molecule has 3 aliphatic carbocycles. The van der Waals surface area contributed by atoms with Crippen molar-refractivity contribution >= 4 is 5.91 Å². The number of carbonyl (C=O) groups is 1. The van der Waals surface area contributed by atoms with E-state index in [1.165, 1.54) is 12.8 Å². The fraction of sp³-hybridized carbons (Fsp3) is 0.900. The molecule has 0 aromatic rings. The number of nitrogens with zero attached hydrogens (tertiary/aromatic N) is 2. The van der Waals surface area contributed by atoms with Crippen LogP contribution in [-0.4, -0.2) is 28.9 Å². The molecule has 3 rings (SSSR count). The van der Waals surface area contributed by atoms with Gasteiger partial charge in [-0.2, -0.15) is 5.26 Å². The third-order valence-electron chi connectivity index (χ3n) is 6.67. The average Bonchev–Trinajstić information content (AvgIpc) is 3.34. The molecule has 0 spiro atoms. The predicted molar refractivity (Wildman–Crippen MR) is 94.9 cm³/mol. The van der Waals surface area contributed by atoms with Gasteiger partial charge in [-0.25, -0.2) is 0 Å². The highest BCUT2D eigenvalue weighted by Crippen LogP contribution is 2.54. The van der Waals surface area contributed by atoms with E-state index in [0.29, 0.717) is 18.3 Å². The molecular formula is C20H33N3O. The van der Waals surface area contributed by atoms with Crippen molar-refractivity contribution in [3.05, 3.63) is 0 Å². The molecule has 24 heavy (non-hydrogen) atoms. The Hall–Kier alpha value is -1.08. The number of nitriles is 1. The molecule has 2 bridgehead atoms. The van der Waals surface area contributed by atoms with Crippen molar-refractivity contribution in [3.8, 4) is 6.07 Å². The molecular weight excluding hydrogens is 298 g/mol. The van der Waals surface area contributed by atoms with Crippen LogP contribution in [0.4, 0.5) is 0 Å². The topological polar surface area (TPSA) is 70.1 Å². The molecule has 3 fully saturated rings. The van der Waals surface area contributed by atoms with E-state index in [9.17, 15) is 10.1 Å². The van der Waals surface area contributed by atoms with E-state index in [1.54, 1.807) is 0 Å². The molecule has 2 N–H and O–H groups in total. The number of carbonyl (C=O) groups excluding carboxylic acids is 1. The van der Waals surface area contributed by atoms with Gasteiger partial charge in [0, 0.05) is 6.04 Å². The van der Waals surface area contributed by atoms with Crippen LogP contribution in [0.2, 0.25) is 0 Å². The fourth-order valence-corrected chi connectivity index (χ4v) is 5.87. The first-order chi connectivity index (χ1) is 11.4. The Morgan fingerprint density at radius 2 is 1.83 bits per heavy atom. The minimum atomic E-state index is -0.437. The summed E-state index contributed by atoms with van der Waals surface area (Å²) in [7, 11) is 0. The monoisotopic (exact) mass is 331 g/mol. The van der Waals surface area contributed by atoms with Crippen LogP contribution < -0.4 is 5.73 Å². The van der Waals surface area contributed by atoms with Gasteiger partial charge in [0.1, 0.15) is 6.04 Å². The summed E-state index contributed by atoms with van der Waals surface area (Å²) in [5, 5.41) is 9.49. The molecule has 134 valence electrons. The highest BCUT2D eigenvalue weighted by atomic mass is 16.2.